The zero-order valence-corrected chi connectivity index (χ0v) is 30.2. The van der Waals surface area contributed by atoms with Gasteiger partial charge in [-0.2, -0.15) is 0 Å². The second-order valence-electron chi connectivity index (χ2n) is 12.0. The number of nitrogens with zero attached hydrogens (tertiary/aromatic N) is 2. The summed E-state index contributed by atoms with van der Waals surface area (Å²) in [4.78, 5) is 15.0. The Kier molecular flexibility index (Phi) is 10.2. The quantitative estimate of drug-likeness (QED) is 0.0822. The van der Waals surface area contributed by atoms with Gasteiger partial charge in [0, 0.05) is 34.6 Å². The lowest BCUT2D eigenvalue weighted by Gasteiger charge is -2.18. The summed E-state index contributed by atoms with van der Waals surface area (Å²) in [7, 11) is -8.17. The van der Waals surface area contributed by atoms with E-state index >= 15 is 0 Å². The van der Waals surface area contributed by atoms with Crippen molar-refractivity contribution < 1.29 is 31.1 Å². The van der Waals surface area contributed by atoms with E-state index in [0.717, 1.165) is 19.1 Å². The minimum absolute atomic E-state index is 0.0791. The molecule has 0 aliphatic heterocycles. The Hall–Kier alpha value is -5.91. The van der Waals surface area contributed by atoms with E-state index in [1.54, 1.807) is 97.1 Å². The molecular formula is C41H36N2O7S2. The van der Waals surface area contributed by atoms with Gasteiger partial charge in [-0.1, -0.05) is 60.7 Å². The summed E-state index contributed by atoms with van der Waals surface area (Å²) in [6, 6.07) is 29.0. The first-order valence-electron chi connectivity index (χ1n) is 16.3. The molecule has 52 heavy (non-hydrogen) atoms. The van der Waals surface area contributed by atoms with Gasteiger partial charge in [0.2, 0.25) is 0 Å². The number of benzene rings is 4. The number of carbonyl (C=O) groups excluding carboxylic acids is 1. The Morgan fingerprint density at radius 3 is 1.35 bits per heavy atom. The standard InChI is InChI=1S/C41H36N2O7S2/c1-5-25-49-31-15-21-35(37(27-31)39-9-7-23-42(39)51(45,46)33-17-11-29(3)12-18-33)41(44)36-22-16-32(50-26-6-2)28-38(36)40-10-8-24-43(40)52(47,48)34-19-13-30(4)14-20-34/h5-24,27-28H,1-2,25-26H2,3-4H3. The number of hydrogen-bond donors (Lipinski definition) is 0. The number of carbonyl (C=O) groups is 1. The molecule has 11 heteroatoms. The smallest absolute Gasteiger partial charge is 0.268 e. The molecule has 2 aromatic heterocycles. The van der Waals surface area contributed by atoms with Gasteiger partial charge in [-0.15, -0.1) is 0 Å². The van der Waals surface area contributed by atoms with Gasteiger partial charge in [-0.05, 0) is 98.8 Å². The summed E-state index contributed by atoms with van der Waals surface area (Å²) in [6.07, 6.45) is 6.00. The number of ether oxygens (including phenoxy) is 2. The van der Waals surface area contributed by atoms with Crippen molar-refractivity contribution in [3.8, 4) is 34.0 Å². The van der Waals surface area contributed by atoms with Crippen LogP contribution in [0.4, 0.5) is 0 Å². The van der Waals surface area contributed by atoms with Crippen molar-refractivity contribution >= 4 is 25.8 Å². The summed E-state index contributed by atoms with van der Waals surface area (Å²) < 4.78 is 69.7. The normalized spacial score (nSPS) is 11.6. The van der Waals surface area contributed by atoms with Crippen molar-refractivity contribution in [1.29, 1.82) is 0 Å². The summed E-state index contributed by atoms with van der Waals surface area (Å²) >= 11 is 0. The van der Waals surface area contributed by atoms with Gasteiger partial charge in [0.15, 0.2) is 5.78 Å². The molecule has 6 rings (SSSR count). The predicted molar refractivity (Wildman–Crippen MR) is 202 cm³/mol. The lowest BCUT2D eigenvalue weighted by atomic mass is 9.92. The van der Waals surface area contributed by atoms with Crippen molar-refractivity contribution in [3.05, 3.63) is 169 Å². The van der Waals surface area contributed by atoms with E-state index in [1.165, 1.54) is 36.7 Å². The number of hydrogen-bond acceptors (Lipinski definition) is 7. The second-order valence-corrected chi connectivity index (χ2v) is 15.6. The number of aromatic nitrogens is 2. The molecular weight excluding hydrogens is 697 g/mol. The van der Waals surface area contributed by atoms with Gasteiger partial charge >= 0.3 is 0 Å². The molecule has 0 unspecified atom stereocenters. The molecule has 0 radical (unpaired) electrons. The molecule has 0 amide bonds. The van der Waals surface area contributed by atoms with E-state index in [1.807, 2.05) is 13.8 Å². The molecule has 0 aliphatic carbocycles. The van der Waals surface area contributed by atoms with Crippen LogP contribution in [0.3, 0.4) is 0 Å². The first kappa shape index (κ1) is 35.9. The van der Waals surface area contributed by atoms with Crippen LogP contribution in [0.25, 0.3) is 22.5 Å². The molecule has 2 heterocycles. The fourth-order valence-corrected chi connectivity index (χ4v) is 8.43. The second kappa shape index (κ2) is 14.7. The fourth-order valence-electron chi connectivity index (χ4n) is 5.72. The molecule has 264 valence electrons. The van der Waals surface area contributed by atoms with Gasteiger partial charge in [0.05, 0.1) is 21.2 Å². The van der Waals surface area contributed by atoms with Crippen molar-refractivity contribution in [1.82, 2.24) is 7.94 Å². The third-order valence-corrected chi connectivity index (χ3v) is 11.7. The third-order valence-electron chi connectivity index (χ3n) is 8.34. The summed E-state index contributed by atoms with van der Waals surface area (Å²) in [5.74, 6) is 0.285. The van der Waals surface area contributed by atoms with Crippen LogP contribution < -0.4 is 9.47 Å². The van der Waals surface area contributed by atoms with E-state index in [4.69, 9.17) is 9.47 Å². The highest BCUT2D eigenvalue weighted by atomic mass is 32.2. The number of rotatable bonds is 14. The van der Waals surface area contributed by atoms with Gasteiger partial charge < -0.3 is 9.47 Å². The Balaban J connectivity index is 1.54. The van der Waals surface area contributed by atoms with E-state index in [2.05, 4.69) is 13.2 Å². The topological polar surface area (TPSA) is 114 Å². The van der Waals surface area contributed by atoms with Gasteiger partial charge in [-0.3, -0.25) is 4.79 Å². The van der Waals surface area contributed by atoms with Crippen LogP contribution in [0.15, 0.2) is 157 Å². The fraction of sp³-hybridized carbons (Fsp3) is 0.0976. The number of ketones is 1. The van der Waals surface area contributed by atoms with Crippen molar-refractivity contribution in [3.63, 3.8) is 0 Å². The molecule has 0 bridgehead atoms. The molecule has 9 nitrogen and oxygen atoms in total. The van der Waals surface area contributed by atoms with Crippen LogP contribution in [0.1, 0.15) is 27.0 Å². The predicted octanol–water partition coefficient (Wildman–Crippen LogP) is 8.08. The van der Waals surface area contributed by atoms with Crippen molar-refractivity contribution in [2.24, 2.45) is 0 Å². The minimum atomic E-state index is -4.08. The largest absolute Gasteiger partial charge is 0.490 e. The highest BCUT2D eigenvalue weighted by molar-refractivity contribution is 7.90. The third kappa shape index (κ3) is 7.01. The first-order chi connectivity index (χ1) is 24.9. The highest BCUT2D eigenvalue weighted by Crippen LogP contribution is 2.37. The lowest BCUT2D eigenvalue weighted by Crippen LogP contribution is -2.16. The van der Waals surface area contributed by atoms with Gasteiger partial charge in [0.25, 0.3) is 20.0 Å². The van der Waals surface area contributed by atoms with Crippen molar-refractivity contribution in [2.75, 3.05) is 13.2 Å². The Bertz CT molecular complexity index is 2340. The molecule has 0 atom stereocenters. The first-order valence-corrected chi connectivity index (χ1v) is 19.1. The molecule has 0 fully saturated rings. The van der Waals surface area contributed by atoms with Crippen LogP contribution in [0.5, 0.6) is 11.5 Å². The molecule has 0 N–H and O–H groups in total. The maximum absolute atomic E-state index is 14.8. The average Bonchev–Trinajstić information content (AvgIpc) is 3.85. The molecule has 6 aromatic rings. The Labute approximate surface area is 303 Å². The average molecular weight is 733 g/mol. The highest BCUT2D eigenvalue weighted by Gasteiger charge is 2.28. The van der Waals surface area contributed by atoms with Crippen LogP contribution in [0, 0.1) is 13.8 Å². The zero-order valence-electron chi connectivity index (χ0n) is 28.6. The van der Waals surface area contributed by atoms with Crippen molar-refractivity contribution in [2.45, 2.75) is 23.6 Å². The van der Waals surface area contributed by atoms with E-state index in [9.17, 15) is 21.6 Å². The maximum Gasteiger partial charge on any atom is 0.268 e. The van der Waals surface area contributed by atoms with E-state index < -0.39 is 25.8 Å². The van der Waals surface area contributed by atoms with Crippen LogP contribution in [-0.4, -0.2) is 43.8 Å². The molecule has 4 aromatic carbocycles. The summed E-state index contributed by atoms with van der Waals surface area (Å²) in [5.41, 5.74) is 3.15. The van der Waals surface area contributed by atoms with E-state index in [-0.39, 0.29) is 56.6 Å². The van der Waals surface area contributed by atoms with Crippen LogP contribution in [-0.2, 0) is 20.0 Å². The Morgan fingerprint density at radius 2 is 0.981 bits per heavy atom. The summed E-state index contributed by atoms with van der Waals surface area (Å²) in [5, 5.41) is 0. The lowest BCUT2D eigenvalue weighted by molar-refractivity contribution is 0.103. The molecule has 0 saturated carbocycles. The van der Waals surface area contributed by atoms with Crippen LogP contribution >= 0.6 is 0 Å². The summed E-state index contributed by atoms with van der Waals surface area (Å²) in [6.45, 7) is 11.5. The van der Waals surface area contributed by atoms with E-state index in [0.29, 0.717) is 11.5 Å². The molecule has 0 aliphatic rings. The maximum atomic E-state index is 14.8. The van der Waals surface area contributed by atoms with Gasteiger partial charge in [0.1, 0.15) is 24.7 Å². The SMILES string of the molecule is C=CCOc1ccc(C(=O)c2ccc(OCC=C)cc2-c2cccn2S(=O)(=O)c2ccc(C)cc2)c(-c2cccn2S(=O)(=O)c2ccc(C)cc2)c1. The minimum Gasteiger partial charge on any atom is -0.490 e. The monoisotopic (exact) mass is 732 g/mol. The Morgan fingerprint density at radius 1 is 0.596 bits per heavy atom. The van der Waals surface area contributed by atoms with Crippen LogP contribution in [0.2, 0.25) is 0 Å². The molecule has 0 saturated heterocycles. The number of aryl methyl sites for hydroxylation is 2. The molecule has 0 spiro atoms. The zero-order chi connectivity index (χ0) is 37.0. The van der Waals surface area contributed by atoms with Gasteiger partial charge in [-0.25, -0.2) is 24.8 Å².